The average Bonchev–Trinajstić information content (AvgIpc) is 2.57. The standard InChI is InChI=1S/C18H16BrN3O2/c1-3-16-21-15-7-5-4-6-14(15)18(24)22(16)20-10-12-9-13(19)8-11(2)17(12)23/h4-10,23H,3H2,1-2H3/b20-10+. The highest BCUT2D eigenvalue weighted by Crippen LogP contribution is 2.25. The zero-order chi connectivity index (χ0) is 17.3. The Balaban J connectivity index is 2.17. The minimum Gasteiger partial charge on any atom is -0.507 e. The molecule has 2 aromatic carbocycles. The second kappa shape index (κ2) is 6.57. The Morgan fingerprint density at radius 3 is 2.83 bits per heavy atom. The fraction of sp³-hybridized carbons (Fsp3) is 0.167. The quantitative estimate of drug-likeness (QED) is 0.700. The normalized spacial score (nSPS) is 11.5. The van der Waals surface area contributed by atoms with E-state index >= 15 is 0 Å². The van der Waals surface area contributed by atoms with E-state index in [1.807, 2.05) is 25.1 Å². The van der Waals surface area contributed by atoms with Crippen molar-refractivity contribution in [1.29, 1.82) is 0 Å². The van der Waals surface area contributed by atoms with Gasteiger partial charge in [0.1, 0.15) is 11.6 Å². The van der Waals surface area contributed by atoms with Gasteiger partial charge in [0.25, 0.3) is 5.56 Å². The molecule has 6 heteroatoms. The number of aromatic hydroxyl groups is 1. The predicted molar refractivity (Wildman–Crippen MR) is 98.9 cm³/mol. The van der Waals surface area contributed by atoms with Crippen molar-refractivity contribution in [3.8, 4) is 5.75 Å². The third kappa shape index (κ3) is 2.97. The Kier molecular flexibility index (Phi) is 4.49. The highest BCUT2D eigenvalue weighted by atomic mass is 79.9. The van der Waals surface area contributed by atoms with E-state index in [-0.39, 0.29) is 11.3 Å². The molecule has 122 valence electrons. The van der Waals surface area contributed by atoms with E-state index in [4.69, 9.17) is 0 Å². The van der Waals surface area contributed by atoms with Crippen molar-refractivity contribution < 1.29 is 5.11 Å². The number of phenols is 1. The molecule has 0 aliphatic heterocycles. The van der Waals surface area contributed by atoms with Crippen LogP contribution in [0.4, 0.5) is 0 Å². The van der Waals surface area contributed by atoms with Crippen LogP contribution in [0.15, 0.2) is 50.8 Å². The summed E-state index contributed by atoms with van der Waals surface area (Å²) < 4.78 is 2.12. The Morgan fingerprint density at radius 1 is 1.33 bits per heavy atom. The molecule has 0 unspecified atom stereocenters. The maximum absolute atomic E-state index is 12.7. The second-order valence-electron chi connectivity index (χ2n) is 5.42. The van der Waals surface area contributed by atoms with Crippen molar-refractivity contribution in [2.24, 2.45) is 5.10 Å². The predicted octanol–water partition coefficient (Wildman–Crippen LogP) is 3.62. The van der Waals surface area contributed by atoms with Crippen LogP contribution in [0.3, 0.4) is 0 Å². The molecular weight excluding hydrogens is 370 g/mol. The van der Waals surface area contributed by atoms with Gasteiger partial charge in [-0.2, -0.15) is 9.78 Å². The fourth-order valence-electron chi connectivity index (χ4n) is 2.50. The Bertz CT molecular complexity index is 1010. The molecule has 24 heavy (non-hydrogen) atoms. The molecule has 3 rings (SSSR count). The number of hydrogen-bond acceptors (Lipinski definition) is 4. The van der Waals surface area contributed by atoms with Crippen LogP contribution in [-0.2, 0) is 6.42 Å². The van der Waals surface area contributed by atoms with Gasteiger partial charge in [-0.15, -0.1) is 0 Å². The lowest BCUT2D eigenvalue weighted by molar-refractivity contribution is 0.470. The average molecular weight is 386 g/mol. The van der Waals surface area contributed by atoms with Gasteiger partial charge in [0, 0.05) is 16.5 Å². The zero-order valence-electron chi connectivity index (χ0n) is 13.3. The topological polar surface area (TPSA) is 67.5 Å². The minimum atomic E-state index is -0.222. The summed E-state index contributed by atoms with van der Waals surface area (Å²) in [5, 5.41) is 14.9. The van der Waals surface area contributed by atoms with Gasteiger partial charge in [-0.1, -0.05) is 35.0 Å². The minimum absolute atomic E-state index is 0.141. The van der Waals surface area contributed by atoms with Crippen molar-refractivity contribution >= 4 is 33.0 Å². The molecule has 0 atom stereocenters. The van der Waals surface area contributed by atoms with Crippen LogP contribution >= 0.6 is 15.9 Å². The van der Waals surface area contributed by atoms with Gasteiger partial charge in [-0.05, 0) is 36.8 Å². The van der Waals surface area contributed by atoms with E-state index < -0.39 is 0 Å². The first-order valence-electron chi connectivity index (χ1n) is 7.55. The molecule has 1 N–H and O–H groups in total. The highest BCUT2D eigenvalue weighted by molar-refractivity contribution is 9.10. The van der Waals surface area contributed by atoms with Crippen LogP contribution in [0.1, 0.15) is 23.9 Å². The Morgan fingerprint density at radius 2 is 2.08 bits per heavy atom. The summed E-state index contributed by atoms with van der Waals surface area (Å²) in [7, 11) is 0. The van der Waals surface area contributed by atoms with E-state index in [0.29, 0.717) is 28.7 Å². The van der Waals surface area contributed by atoms with E-state index in [0.717, 1.165) is 10.0 Å². The number of aryl methyl sites for hydroxylation is 2. The van der Waals surface area contributed by atoms with E-state index in [1.54, 1.807) is 25.1 Å². The maximum Gasteiger partial charge on any atom is 0.282 e. The molecule has 0 saturated heterocycles. The fourth-order valence-corrected chi connectivity index (χ4v) is 3.09. The van der Waals surface area contributed by atoms with Crippen molar-refractivity contribution in [2.75, 3.05) is 0 Å². The first-order chi connectivity index (χ1) is 11.5. The monoisotopic (exact) mass is 385 g/mol. The number of hydrogen-bond donors (Lipinski definition) is 1. The summed E-state index contributed by atoms with van der Waals surface area (Å²) in [4.78, 5) is 17.2. The van der Waals surface area contributed by atoms with Gasteiger partial charge in [-0.25, -0.2) is 4.98 Å². The molecule has 0 saturated carbocycles. The van der Waals surface area contributed by atoms with Gasteiger partial charge in [0.05, 0.1) is 17.1 Å². The molecule has 0 amide bonds. The smallest absolute Gasteiger partial charge is 0.282 e. The number of para-hydroxylation sites is 1. The second-order valence-corrected chi connectivity index (χ2v) is 6.34. The van der Waals surface area contributed by atoms with Crippen molar-refractivity contribution in [1.82, 2.24) is 9.66 Å². The molecule has 1 aromatic heterocycles. The maximum atomic E-state index is 12.7. The molecule has 0 aliphatic rings. The number of nitrogens with zero attached hydrogens (tertiary/aromatic N) is 3. The van der Waals surface area contributed by atoms with Gasteiger partial charge in [0.2, 0.25) is 0 Å². The van der Waals surface area contributed by atoms with Crippen molar-refractivity contribution in [3.05, 3.63) is 68.2 Å². The number of aromatic nitrogens is 2. The van der Waals surface area contributed by atoms with Crippen LogP contribution in [0.2, 0.25) is 0 Å². The van der Waals surface area contributed by atoms with Gasteiger partial charge < -0.3 is 5.11 Å². The van der Waals surface area contributed by atoms with E-state index in [1.165, 1.54) is 10.9 Å². The third-order valence-electron chi connectivity index (χ3n) is 3.74. The molecular formula is C18H16BrN3O2. The molecule has 0 bridgehead atoms. The van der Waals surface area contributed by atoms with Crippen LogP contribution in [-0.4, -0.2) is 21.0 Å². The molecule has 0 aliphatic carbocycles. The lowest BCUT2D eigenvalue weighted by Gasteiger charge is -2.08. The van der Waals surface area contributed by atoms with Crippen LogP contribution in [0.25, 0.3) is 10.9 Å². The first-order valence-corrected chi connectivity index (χ1v) is 8.34. The Hall–Kier alpha value is -2.47. The van der Waals surface area contributed by atoms with Crippen LogP contribution < -0.4 is 5.56 Å². The zero-order valence-corrected chi connectivity index (χ0v) is 14.9. The number of phenolic OH excluding ortho intramolecular Hbond substituents is 1. The highest BCUT2D eigenvalue weighted by Gasteiger charge is 2.09. The first kappa shape index (κ1) is 16.4. The number of rotatable bonds is 3. The van der Waals surface area contributed by atoms with Gasteiger partial charge >= 0.3 is 0 Å². The molecule has 0 fully saturated rings. The Labute approximate surface area is 147 Å². The summed E-state index contributed by atoms with van der Waals surface area (Å²) in [6.45, 7) is 3.72. The lowest BCUT2D eigenvalue weighted by Crippen LogP contribution is -2.22. The van der Waals surface area contributed by atoms with Crippen LogP contribution in [0.5, 0.6) is 5.75 Å². The van der Waals surface area contributed by atoms with Crippen molar-refractivity contribution in [2.45, 2.75) is 20.3 Å². The largest absolute Gasteiger partial charge is 0.507 e. The summed E-state index contributed by atoms with van der Waals surface area (Å²) in [5.74, 6) is 0.711. The molecule has 0 spiro atoms. The van der Waals surface area contributed by atoms with Crippen LogP contribution in [0, 0.1) is 6.92 Å². The third-order valence-corrected chi connectivity index (χ3v) is 4.20. The van der Waals surface area contributed by atoms with E-state index in [9.17, 15) is 9.90 Å². The molecule has 0 radical (unpaired) electrons. The lowest BCUT2D eigenvalue weighted by atomic mass is 10.1. The summed E-state index contributed by atoms with van der Waals surface area (Å²) in [5.41, 5.74) is 1.70. The number of fused-ring (bicyclic) bond motifs is 1. The molecule has 1 heterocycles. The summed E-state index contributed by atoms with van der Waals surface area (Å²) >= 11 is 3.39. The SMILES string of the molecule is CCc1nc2ccccc2c(=O)n1/N=C/c1cc(Br)cc(C)c1O. The number of halogens is 1. The van der Waals surface area contributed by atoms with Crippen molar-refractivity contribution in [3.63, 3.8) is 0 Å². The van der Waals surface area contributed by atoms with Gasteiger partial charge in [-0.3, -0.25) is 4.79 Å². The van der Waals surface area contributed by atoms with E-state index in [2.05, 4.69) is 26.0 Å². The van der Waals surface area contributed by atoms with Gasteiger partial charge in [0.15, 0.2) is 0 Å². The molecule has 3 aromatic rings. The summed E-state index contributed by atoms with van der Waals surface area (Å²) in [6.07, 6.45) is 2.05. The summed E-state index contributed by atoms with van der Waals surface area (Å²) in [6, 6.07) is 10.8. The number of benzene rings is 2. The molecule has 5 nitrogen and oxygen atoms in total.